The molecule has 2 N–H and O–H groups in total. The lowest BCUT2D eigenvalue weighted by Crippen LogP contribution is -2.34. The number of likely N-dealkylation sites (tertiary alicyclic amines) is 1. The minimum Gasteiger partial charge on any atom is -0.375 e. The highest BCUT2D eigenvalue weighted by Crippen LogP contribution is 2.35. The summed E-state index contributed by atoms with van der Waals surface area (Å²) in [5.41, 5.74) is 0.179. The number of rotatable bonds is 6. The number of H-pyrrole nitrogens is 2. The summed E-state index contributed by atoms with van der Waals surface area (Å²) in [4.78, 5) is 42.2. The number of hydrogen-bond donors (Lipinski definition) is 2. The molecule has 1 unspecified atom stereocenters. The molecule has 0 radical (unpaired) electrons. The van der Waals surface area contributed by atoms with Gasteiger partial charge < -0.3 is 19.5 Å². The second kappa shape index (κ2) is 8.89. The van der Waals surface area contributed by atoms with Gasteiger partial charge in [0, 0.05) is 32.0 Å². The summed E-state index contributed by atoms with van der Waals surface area (Å²) >= 11 is 1.42. The predicted octanol–water partition coefficient (Wildman–Crippen LogP) is 1.82. The molecule has 2 aliphatic heterocycles. The normalized spacial score (nSPS) is 20.0. The number of piperidine rings is 1. The van der Waals surface area contributed by atoms with Gasteiger partial charge in [0.15, 0.2) is 0 Å². The Morgan fingerprint density at radius 3 is 2.90 bits per heavy atom. The van der Waals surface area contributed by atoms with E-state index in [0.29, 0.717) is 10.6 Å². The van der Waals surface area contributed by atoms with Crippen LogP contribution in [0.3, 0.4) is 0 Å². The number of fused-ring (bicyclic) bond motifs is 1. The van der Waals surface area contributed by atoms with Gasteiger partial charge in [0.05, 0.1) is 28.5 Å². The van der Waals surface area contributed by atoms with Crippen LogP contribution in [0.5, 0.6) is 0 Å². The third-order valence-corrected chi connectivity index (χ3v) is 7.09. The first-order valence-electron chi connectivity index (χ1n) is 10.8. The molecule has 164 valence electrons. The van der Waals surface area contributed by atoms with Crippen molar-refractivity contribution in [3.8, 4) is 10.6 Å². The second-order valence-corrected chi connectivity index (χ2v) is 9.12. The molecule has 0 saturated carbocycles. The molecule has 0 spiro atoms. The van der Waals surface area contributed by atoms with E-state index in [0.717, 1.165) is 48.7 Å². The lowest BCUT2D eigenvalue weighted by Gasteiger charge is -2.26. The van der Waals surface area contributed by atoms with Crippen LogP contribution in [-0.2, 0) is 4.74 Å². The van der Waals surface area contributed by atoms with Crippen LogP contribution >= 0.6 is 11.3 Å². The quantitative estimate of drug-likeness (QED) is 0.600. The van der Waals surface area contributed by atoms with E-state index >= 15 is 0 Å². The molecular formula is C21H26N6O3S. The van der Waals surface area contributed by atoms with Gasteiger partial charge in [0.2, 0.25) is 0 Å². The summed E-state index contributed by atoms with van der Waals surface area (Å²) in [6.45, 7) is 5.85. The molecule has 10 heteroatoms. The van der Waals surface area contributed by atoms with E-state index in [1.54, 1.807) is 6.20 Å². The number of ether oxygens (including phenoxy) is 1. The zero-order valence-corrected chi connectivity index (χ0v) is 18.1. The van der Waals surface area contributed by atoms with Crippen molar-refractivity contribution in [2.75, 3.05) is 44.2 Å². The Kier molecular flexibility index (Phi) is 5.84. The third-order valence-electron chi connectivity index (χ3n) is 5.99. The van der Waals surface area contributed by atoms with Crippen molar-refractivity contribution in [1.82, 2.24) is 24.8 Å². The number of aromatic amines is 2. The fraction of sp³-hybridized carbons (Fsp3) is 0.524. The molecule has 2 saturated heterocycles. The molecule has 2 aliphatic rings. The average molecular weight is 443 g/mol. The maximum atomic E-state index is 12.2. The molecule has 0 aromatic carbocycles. The smallest absolute Gasteiger partial charge is 0.325 e. The number of pyridine rings is 1. The van der Waals surface area contributed by atoms with Gasteiger partial charge in [-0.2, -0.15) is 0 Å². The van der Waals surface area contributed by atoms with Gasteiger partial charge in [-0.25, -0.2) is 14.8 Å². The van der Waals surface area contributed by atoms with Crippen molar-refractivity contribution in [3.05, 3.63) is 39.3 Å². The Morgan fingerprint density at radius 2 is 2.06 bits per heavy atom. The van der Waals surface area contributed by atoms with Gasteiger partial charge in [-0.05, 0) is 38.4 Å². The minimum atomic E-state index is -0.527. The highest BCUT2D eigenvalue weighted by atomic mass is 32.1. The summed E-state index contributed by atoms with van der Waals surface area (Å²) < 4.78 is 7.11. The number of nitrogens with one attached hydrogen (secondary N) is 2. The maximum Gasteiger partial charge on any atom is 0.325 e. The highest BCUT2D eigenvalue weighted by Gasteiger charge is 2.26. The molecule has 0 bridgehead atoms. The summed E-state index contributed by atoms with van der Waals surface area (Å²) in [5, 5.41) is 0.565. The van der Waals surface area contributed by atoms with Crippen molar-refractivity contribution >= 4 is 27.4 Å². The molecule has 2 fully saturated rings. The standard InChI is InChI=1S/C21H26N6O3S/c28-19-15(12-23-21(29)25-19)20-24-16-4-6-22-18(17(16)31-20)27-9-5-14(13-27)30-11-10-26-7-2-1-3-8-26/h4,6,12,14H,1-3,5,7-11,13H2,(H2,23,25,28,29). The molecule has 3 aromatic heterocycles. The first-order valence-corrected chi connectivity index (χ1v) is 11.7. The van der Waals surface area contributed by atoms with Crippen LogP contribution in [-0.4, -0.2) is 70.3 Å². The maximum absolute atomic E-state index is 12.2. The highest BCUT2D eigenvalue weighted by molar-refractivity contribution is 7.22. The van der Waals surface area contributed by atoms with Crippen LogP contribution in [0.4, 0.5) is 5.82 Å². The van der Waals surface area contributed by atoms with E-state index in [9.17, 15) is 9.59 Å². The van der Waals surface area contributed by atoms with Gasteiger partial charge >= 0.3 is 5.69 Å². The van der Waals surface area contributed by atoms with E-state index in [1.165, 1.54) is 49.9 Å². The van der Waals surface area contributed by atoms with Crippen molar-refractivity contribution in [3.63, 3.8) is 0 Å². The molecule has 1 atom stereocenters. The summed E-state index contributed by atoms with van der Waals surface area (Å²) in [5.74, 6) is 0.879. The van der Waals surface area contributed by atoms with Gasteiger partial charge in [-0.1, -0.05) is 6.42 Å². The van der Waals surface area contributed by atoms with Crippen LogP contribution in [0.25, 0.3) is 20.8 Å². The van der Waals surface area contributed by atoms with Crippen LogP contribution < -0.4 is 16.1 Å². The van der Waals surface area contributed by atoms with E-state index in [-0.39, 0.29) is 6.10 Å². The molecule has 0 aliphatic carbocycles. The lowest BCUT2D eigenvalue weighted by atomic mass is 10.1. The number of hydrogen-bond acceptors (Lipinski definition) is 8. The average Bonchev–Trinajstić information content (AvgIpc) is 3.41. The number of thiazole rings is 1. The fourth-order valence-corrected chi connectivity index (χ4v) is 5.43. The minimum absolute atomic E-state index is 0.205. The molecule has 9 nitrogen and oxygen atoms in total. The zero-order chi connectivity index (χ0) is 21.2. The second-order valence-electron chi connectivity index (χ2n) is 8.12. The molecular weight excluding hydrogens is 416 g/mol. The zero-order valence-electron chi connectivity index (χ0n) is 17.3. The predicted molar refractivity (Wildman–Crippen MR) is 121 cm³/mol. The number of nitrogens with zero attached hydrogens (tertiary/aromatic N) is 4. The first kappa shape index (κ1) is 20.3. The fourth-order valence-electron chi connectivity index (χ4n) is 4.34. The molecule has 31 heavy (non-hydrogen) atoms. The Hall–Kier alpha value is -2.56. The number of aromatic nitrogens is 4. The van der Waals surface area contributed by atoms with Crippen LogP contribution in [0.2, 0.25) is 0 Å². The van der Waals surface area contributed by atoms with Gasteiger partial charge in [0.25, 0.3) is 5.56 Å². The van der Waals surface area contributed by atoms with Crippen LogP contribution in [0, 0.1) is 0 Å². The Morgan fingerprint density at radius 1 is 1.19 bits per heavy atom. The third kappa shape index (κ3) is 4.41. The summed E-state index contributed by atoms with van der Waals surface area (Å²) in [6.07, 6.45) is 8.30. The Bertz CT molecular complexity index is 1170. The van der Waals surface area contributed by atoms with E-state index in [1.807, 2.05) is 6.07 Å². The molecule has 0 amide bonds. The molecule has 5 rings (SSSR count). The van der Waals surface area contributed by atoms with Crippen LogP contribution in [0.1, 0.15) is 25.7 Å². The van der Waals surface area contributed by atoms with Crippen molar-refractivity contribution in [2.45, 2.75) is 31.8 Å². The largest absolute Gasteiger partial charge is 0.375 e. The van der Waals surface area contributed by atoms with Gasteiger partial charge in [0.1, 0.15) is 10.8 Å². The SMILES string of the molecule is O=c1[nH]cc(-c2nc3ccnc(N4CCC(OCCN5CCCCC5)C4)c3s2)c(=O)[nH]1. The van der Waals surface area contributed by atoms with Crippen molar-refractivity contribution in [2.24, 2.45) is 0 Å². The Balaban J connectivity index is 1.28. The topological polar surface area (TPSA) is 107 Å². The summed E-state index contributed by atoms with van der Waals surface area (Å²) in [6, 6.07) is 1.85. The Labute approximate surface area is 183 Å². The first-order chi connectivity index (χ1) is 15.2. The van der Waals surface area contributed by atoms with E-state index in [2.05, 4.69) is 29.7 Å². The molecule has 3 aromatic rings. The van der Waals surface area contributed by atoms with Gasteiger partial charge in [-0.3, -0.25) is 9.78 Å². The van der Waals surface area contributed by atoms with Gasteiger partial charge in [-0.15, -0.1) is 11.3 Å². The lowest BCUT2D eigenvalue weighted by molar-refractivity contribution is 0.0467. The summed E-state index contributed by atoms with van der Waals surface area (Å²) in [7, 11) is 0. The molecule has 5 heterocycles. The number of anilines is 1. The van der Waals surface area contributed by atoms with Crippen molar-refractivity contribution < 1.29 is 4.74 Å². The van der Waals surface area contributed by atoms with Crippen molar-refractivity contribution in [1.29, 1.82) is 0 Å². The van der Waals surface area contributed by atoms with Crippen LogP contribution in [0.15, 0.2) is 28.0 Å². The van der Waals surface area contributed by atoms with E-state index < -0.39 is 11.2 Å². The monoisotopic (exact) mass is 442 g/mol. The van der Waals surface area contributed by atoms with E-state index in [4.69, 9.17) is 4.74 Å².